The van der Waals surface area contributed by atoms with E-state index in [4.69, 9.17) is 39.5 Å². The number of ether oxygens (including phenoxy) is 1. The zero-order valence-corrected chi connectivity index (χ0v) is 18.2. The van der Waals surface area contributed by atoms with Gasteiger partial charge in [-0.25, -0.2) is 0 Å². The zero-order valence-electron chi connectivity index (χ0n) is 15.9. The smallest absolute Gasteiger partial charge is 0.119 e. The van der Waals surface area contributed by atoms with Crippen LogP contribution < -0.4 is 4.74 Å². The maximum absolute atomic E-state index is 6.30. The van der Waals surface area contributed by atoms with E-state index in [1.807, 2.05) is 36.4 Å². The fraction of sp³-hybridized carbons (Fsp3) is 0.250. The summed E-state index contributed by atoms with van der Waals surface area (Å²) in [5, 5.41) is 1.90. The quantitative estimate of drug-likeness (QED) is 0.406. The van der Waals surface area contributed by atoms with Gasteiger partial charge in [0.05, 0.1) is 16.7 Å². The SMILES string of the molecule is Clc1ccc(OCC2CN(Cc3ccccc3)CC2c2ccc(Cl)c(Cl)c2)cc1. The van der Waals surface area contributed by atoms with Crippen LogP contribution in [0, 0.1) is 5.92 Å². The van der Waals surface area contributed by atoms with Crippen molar-refractivity contribution in [3.8, 4) is 5.75 Å². The van der Waals surface area contributed by atoms with Gasteiger partial charge < -0.3 is 4.74 Å². The van der Waals surface area contributed by atoms with Crippen LogP contribution in [0.4, 0.5) is 0 Å². The highest BCUT2D eigenvalue weighted by atomic mass is 35.5. The molecule has 4 rings (SSSR count). The standard InChI is InChI=1S/C24H22Cl3NO/c25-20-7-9-21(10-8-20)29-16-19-14-28(13-17-4-2-1-3-5-17)15-22(19)18-6-11-23(26)24(27)12-18/h1-12,19,22H,13-16H2. The summed E-state index contributed by atoms with van der Waals surface area (Å²) in [6, 6.07) is 24.1. The summed E-state index contributed by atoms with van der Waals surface area (Å²) in [6.45, 7) is 3.49. The molecule has 0 spiro atoms. The molecule has 3 aromatic rings. The van der Waals surface area contributed by atoms with Gasteiger partial charge in [0.25, 0.3) is 0 Å². The van der Waals surface area contributed by atoms with Crippen molar-refractivity contribution in [1.29, 1.82) is 0 Å². The summed E-state index contributed by atoms with van der Waals surface area (Å²) in [5.41, 5.74) is 2.53. The predicted molar refractivity (Wildman–Crippen MR) is 121 cm³/mol. The molecule has 0 aliphatic carbocycles. The van der Waals surface area contributed by atoms with Crippen LogP contribution in [-0.4, -0.2) is 24.6 Å². The van der Waals surface area contributed by atoms with Gasteiger partial charge >= 0.3 is 0 Å². The molecular formula is C24H22Cl3NO. The monoisotopic (exact) mass is 445 g/mol. The van der Waals surface area contributed by atoms with E-state index in [-0.39, 0.29) is 0 Å². The molecule has 3 aromatic carbocycles. The average molecular weight is 447 g/mol. The zero-order chi connectivity index (χ0) is 20.2. The van der Waals surface area contributed by atoms with E-state index in [2.05, 4.69) is 41.3 Å². The lowest BCUT2D eigenvalue weighted by atomic mass is 9.89. The maximum Gasteiger partial charge on any atom is 0.119 e. The van der Waals surface area contributed by atoms with Crippen molar-refractivity contribution in [2.24, 2.45) is 5.92 Å². The Labute approximate surface area is 187 Å². The summed E-state index contributed by atoms with van der Waals surface area (Å²) >= 11 is 18.4. The molecule has 0 aromatic heterocycles. The first-order chi connectivity index (χ1) is 14.1. The van der Waals surface area contributed by atoms with Crippen molar-refractivity contribution in [2.75, 3.05) is 19.7 Å². The van der Waals surface area contributed by atoms with Crippen LogP contribution in [0.25, 0.3) is 0 Å². The van der Waals surface area contributed by atoms with Gasteiger partial charge in [0.15, 0.2) is 0 Å². The summed E-state index contributed by atoms with van der Waals surface area (Å²) < 4.78 is 6.10. The van der Waals surface area contributed by atoms with Crippen molar-refractivity contribution < 1.29 is 4.74 Å². The summed E-state index contributed by atoms with van der Waals surface area (Å²) in [5.74, 6) is 1.52. The Morgan fingerprint density at radius 2 is 1.59 bits per heavy atom. The molecule has 2 unspecified atom stereocenters. The van der Waals surface area contributed by atoms with Crippen LogP contribution in [0.2, 0.25) is 15.1 Å². The molecule has 0 amide bonds. The molecule has 1 aliphatic rings. The molecule has 150 valence electrons. The minimum Gasteiger partial charge on any atom is -0.493 e. The molecular weight excluding hydrogens is 425 g/mol. The predicted octanol–water partition coefficient (Wildman–Crippen LogP) is 6.94. The highest BCUT2D eigenvalue weighted by molar-refractivity contribution is 6.42. The molecule has 1 aliphatic heterocycles. The highest BCUT2D eigenvalue weighted by Gasteiger charge is 2.34. The first-order valence-electron chi connectivity index (χ1n) is 9.68. The van der Waals surface area contributed by atoms with Gasteiger partial charge in [-0.1, -0.05) is 71.2 Å². The fourth-order valence-electron chi connectivity index (χ4n) is 3.95. The second-order valence-corrected chi connectivity index (χ2v) is 8.74. The molecule has 0 N–H and O–H groups in total. The first kappa shape index (κ1) is 20.6. The van der Waals surface area contributed by atoms with Crippen LogP contribution in [0.3, 0.4) is 0 Å². The van der Waals surface area contributed by atoms with E-state index in [9.17, 15) is 0 Å². The number of likely N-dealkylation sites (tertiary alicyclic amines) is 1. The molecule has 1 saturated heterocycles. The fourth-order valence-corrected chi connectivity index (χ4v) is 4.39. The van der Waals surface area contributed by atoms with Crippen LogP contribution in [0.5, 0.6) is 5.75 Å². The van der Waals surface area contributed by atoms with Crippen molar-refractivity contribution in [3.63, 3.8) is 0 Å². The Kier molecular flexibility index (Phi) is 6.67. The lowest BCUT2D eigenvalue weighted by Crippen LogP contribution is -2.22. The van der Waals surface area contributed by atoms with Crippen molar-refractivity contribution in [1.82, 2.24) is 4.90 Å². The largest absolute Gasteiger partial charge is 0.493 e. The molecule has 1 heterocycles. The van der Waals surface area contributed by atoms with Gasteiger partial charge in [0.1, 0.15) is 5.75 Å². The Balaban J connectivity index is 1.51. The van der Waals surface area contributed by atoms with Gasteiger partial charge in [-0.3, -0.25) is 4.90 Å². The third-order valence-electron chi connectivity index (χ3n) is 5.42. The van der Waals surface area contributed by atoms with Crippen LogP contribution in [0.15, 0.2) is 72.8 Å². The van der Waals surface area contributed by atoms with Gasteiger partial charge in [-0.2, -0.15) is 0 Å². The third-order valence-corrected chi connectivity index (χ3v) is 6.41. The minimum atomic E-state index is 0.334. The van der Waals surface area contributed by atoms with Gasteiger partial charge in [0, 0.05) is 36.5 Å². The second kappa shape index (κ2) is 9.40. The lowest BCUT2D eigenvalue weighted by molar-refractivity contribution is 0.233. The normalized spacial score (nSPS) is 19.4. The Bertz CT molecular complexity index is 946. The van der Waals surface area contributed by atoms with Crippen LogP contribution in [0.1, 0.15) is 17.0 Å². The third kappa shape index (κ3) is 5.26. The molecule has 29 heavy (non-hydrogen) atoms. The molecule has 2 atom stereocenters. The summed E-state index contributed by atoms with van der Waals surface area (Å²) in [4.78, 5) is 2.48. The number of benzene rings is 3. The summed E-state index contributed by atoms with van der Waals surface area (Å²) in [7, 11) is 0. The number of halogens is 3. The Morgan fingerprint density at radius 3 is 2.31 bits per heavy atom. The van der Waals surface area contributed by atoms with E-state index in [1.165, 1.54) is 11.1 Å². The molecule has 2 nitrogen and oxygen atoms in total. The minimum absolute atomic E-state index is 0.334. The molecule has 5 heteroatoms. The molecule has 0 radical (unpaired) electrons. The van der Waals surface area contributed by atoms with Gasteiger partial charge in [-0.15, -0.1) is 0 Å². The average Bonchev–Trinajstić information content (AvgIpc) is 3.13. The number of nitrogens with zero attached hydrogens (tertiary/aromatic N) is 1. The van der Waals surface area contributed by atoms with Crippen LogP contribution in [-0.2, 0) is 6.54 Å². The Hall–Kier alpha value is -1.71. The van der Waals surface area contributed by atoms with E-state index in [0.717, 1.165) is 25.4 Å². The summed E-state index contributed by atoms with van der Waals surface area (Å²) in [6.07, 6.45) is 0. The number of rotatable bonds is 6. The van der Waals surface area contributed by atoms with Crippen molar-refractivity contribution in [2.45, 2.75) is 12.5 Å². The highest BCUT2D eigenvalue weighted by Crippen LogP contribution is 2.36. The van der Waals surface area contributed by atoms with Gasteiger partial charge in [0.2, 0.25) is 0 Å². The maximum atomic E-state index is 6.30. The van der Waals surface area contributed by atoms with Crippen molar-refractivity contribution in [3.05, 3.63) is 99.0 Å². The molecule has 0 bridgehead atoms. The van der Waals surface area contributed by atoms with Crippen LogP contribution >= 0.6 is 34.8 Å². The molecule has 0 saturated carbocycles. The van der Waals surface area contributed by atoms with E-state index in [0.29, 0.717) is 33.5 Å². The number of hydrogen-bond donors (Lipinski definition) is 0. The number of hydrogen-bond acceptors (Lipinski definition) is 2. The second-order valence-electron chi connectivity index (χ2n) is 7.48. The van der Waals surface area contributed by atoms with E-state index < -0.39 is 0 Å². The lowest BCUT2D eigenvalue weighted by Gasteiger charge is -2.20. The molecule has 1 fully saturated rings. The van der Waals surface area contributed by atoms with E-state index in [1.54, 1.807) is 0 Å². The Morgan fingerprint density at radius 1 is 0.828 bits per heavy atom. The van der Waals surface area contributed by atoms with Gasteiger partial charge in [-0.05, 0) is 47.5 Å². The first-order valence-corrected chi connectivity index (χ1v) is 10.8. The van der Waals surface area contributed by atoms with Crippen molar-refractivity contribution >= 4 is 34.8 Å². The van der Waals surface area contributed by atoms with E-state index >= 15 is 0 Å². The topological polar surface area (TPSA) is 12.5 Å².